The van der Waals surface area contributed by atoms with Crippen molar-refractivity contribution in [3.8, 4) is 0 Å². The minimum absolute atomic E-state index is 0.0482. The van der Waals surface area contributed by atoms with Gasteiger partial charge in [0.1, 0.15) is 11.4 Å². The van der Waals surface area contributed by atoms with Crippen LogP contribution in [0.15, 0.2) is 23.0 Å². The number of hydrogen-bond acceptors (Lipinski definition) is 9. The van der Waals surface area contributed by atoms with Crippen LogP contribution in [0.2, 0.25) is 5.02 Å². The van der Waals surface area contributed by atoms with E-state index in [4.69, 9.17) is 27.1 Å². The summed E-state index contributed by atoms with van der Waals surface area (Å²) in [6.45, 7) is 10.6. The molecule has 0 spiro atoms. The molecule has 0 atom stereocenters. The number of nitrogens with one attached hydrogen (secondary N) is 1. The fraction of sp³-hybridized carbons (Fsp3) is 0.462. The Balaban J connectivity index is 1.57. The molecule has 1 aromatic carbocycles. The van der Waals surface area contributed by atoms with Crippen LogP contribution in [0.4, 0.5) is 10.6 Å². The minimum atomic E-state index is -0.602. The maximum Gasteiger partial charge on any atom is 0.410 e. The summed E-state index contributed by atoms with van der Waals surface area (Å²) in [6, 6.07) is 5.10. The SMILES string of the molecule is Cc1nc(N)c(C(=O)NCCc2nc3cccc(Cl)c3c(=O)n2N2CCN(C(=O)OC(C)(C)C)CC2)nc1C. The summed E-state index contributed by atoms with van der Waals surface area (Å²) < 4.78 is 6.98. The zero-order valence-electron chi connectivity index (χ0n) is 22.7. The summed E-state index contributed by atoms with van der Waals surface area (Å²) in [4.78, 5) is 53.7. The first-order valence-electron chi connectivity index (χ1n) is 12.7. The summed E-state index contributed by atoms with van der Waals surface area (Å²) in [5.41, 5.74) is 6.76. The number of aryl methyl sites for hydroxylation is 2. The number of fused-ring (bicyclic) bond motifs is 1. The van der Waals surface area contributed by atoms with Crippen molar-refractivity contribution < 1.29 is 14.3 Å². The van der Waals surface area contributed by atoms with Gasteiger partial charge < -0.3 is 25.7 Å². The number of piperazine rings is 1. The van der Waals surface area contributed by atoms with Crippen molar-refractivity contribution in [3.05, 3.63) is 56.5 Å². The van der Waals surface area contributed by atoms with Crippen LogP contribution in [-0.4, -0.2) is 74.9 Å². The molecule has 4 rings (SSSR count). The third kappa shape index (κ3) is 6.22. The average Bonchev–Trinajstić information content (AvgIpc) is 2.85. The molecule has 13 heteroatoms. The van der Waals surface area contributed by atoms with Gasteiger partial charge in [-0.25, -0.2) is 24.4 Å². The van der Waals surface area contributed by atoms with E-state index in [0.29, 0.717) is 59.3 Å². The molecule has 0 radical (unpaired) electrons. The predicted molar refractivity (Wildman–Crippen MR) is 149 cm³/mol. The first kappa shape index (κ1) is 28.1. The van der Waals surface area contributed by atoms with Gasteiger partial charge in [0.15, 0.2) is 11.5 Å². The quantitative estimate of drug-likeness (QED) is 0.482. The zero-order chi connectivity index (χ0) is 28.5. The van der Waals surface area contributed by atoms with Crippen LogP contribution in [0.3, 0.4) is 0 Å². The van der Waals surface area contributed by atoms with E-state index in [2.05, 4.69) is 15.3 Å². The molecule has 39 heavy (non-hydrogen) atoms. The second-order valence-electron chi connectivity index (χ2n) is 10.3. The van der Waals surface area contributed by atoms with Gasteiger partial charge in [-0.2, -0.15) is 0 Å². The Labute approximate surface area is 231 Å². The molecular weight excluding hydrogens is 524 g/mol. The van der Waals surface area contributed by atoms with Crippen molar-refractivity contribution >= 4 is 40.3 Å². The Morgan fingerprint density at radius 3 is 2.41 bits per heavy atom. The molecule has 3 heterocycles. The number of nitrogen functional groups attached to an aromatic ring is 1. The molecule has 0 saturated carbocycles. The van der Waals surface area contributed by atoms with Crippen molar-refractivity contribution in [2.24, 2.45) is 0 Å². The Bertz CT molecular complexity index is 1480. The Kier molecular flexibility index (Phi) is 7.96. The number of amides is 2. The van der Waals surface area contributed by atoms with E-state index in [1.165, 1.54) is 4.68 Å². The second-order valence-corrected chi connectivity index (χ2v) is 10.7. The molecule has 12 nitrogen and oxygen atoms in total. The number of rotatable bonds is 5. The number of benzene rings is 1. The normalized spacial score (nSPS) is 14.0. The largest absolute Gasteiger partial charge is 0.444 e. The average molecular weight is 557 g/mol. The lowest BCUT2D eigenvalue weighted by Gasteiger charge is -2.37. The maximum atomic E-state index is 13.7. The lowest BCUT2D eigenvalue weighted by Crippen LogP contribution is -2.56. The molecule has 2 aromatic heterocycles. The van der Waals surface area contributed by atoms with Crippen LogP contribution in [-0.2, 0) is 11.2 Å². The van der Waals surface area contributed by atoms with Crippen molar-refractivity contribution in [2.75, 3.05) is 43.5 Å². The highest BCUT2D eigenvalue weighted by molar-refractivity contribution is 6.35. The van der Waals surface area contributed by atoms with Gasteiger partial charge in [0.25, 0.3) is 11.5 Å². The van der Waals surface area contributed by atoms with Crippen LogP contribution in [0.25, 0.3) is 10.9 Å². The minimum Gasteiger partial charge on any atom is -0.444 e. The van der Waals surface area contributed by atoms with Gasteiger partial charge in [0.2, 0.25) is 0 Å². The zero-order valence-corrected chi connectivity index (χ0v) is 23.5. The number of ether oxygens (including phenoxy) is 1. The summed E-state index contributed by atoms with van der Waals surface area (Å²) in [7, 11) is 0. The van der Waals surface area contributed by atoms with E-state index in [1.54, 1.807) is 36.9 Å². The van der Waals surface area contributed by atoms with Gasteiger partial charge in [0, 0.05) is 26.1 Å². The van der Waals surface area contributed by atoms with E-state index >= 15 is 0 Å². The number of hydrogen-bond donors (Lipinski definition) is 2. The van der Waals surface area contributed by atoms with Gasteiger partial charge >= 0.3 is 6.09 Å². The first-order valence-corrected chi connectivity index (χ1v) is 13.1. The Morgan fingerprint density at radius 2 is 1.74 bits per heavy atom. The highest BCUT2D eigenvalue weighted by atomic mass is 35.5. The van der Waals surface area contributed by atoms with Crippen molar-refractivity contribution in [1.29, 1.82) is 0 Å². The number of halogens is 1. The molecule has 1 aliphatic rings. The molecule has 208 valence electrons. The van der Waals surface area contributed by atoms with E-state index in [1.807, 2.05) is 25.8 Å². The smallest absolute Gasteiger partial charge is 0.410 e. The molecular formula is C26H33ClN8O4. The summed E-state index contributed by atoms with van der Waals surface area (Å²) >= 11 is 6.38. The van der Waals surface area contributed by atoms with Crippen LogP contribution in [0.1, 0.15) is 48.5 Å². The van der Waals surface area contributed by atoms with E-state index in [-0.39, 0.29) is 30.0 Å². The number of aromatic nitrogens is 4. The molecule has 3 N–H and O–H groups in total. The van der Waals surface area contributed by atoms with Gasteiger partial charge in [-0.3, -0.25) is 9.59 Å². The van der Waals surface area contributed by atoms with Crippen LogP contribution in [0.5, 0.6) is 0 Å². The van der Waals surface area contributed by atoms with E-state index in [9.17, 15) is 14.4 Å². The number of nitrogens with zero attached hydrogens (tertiary/aromatic N) is 6. The van der Waals surface area contributed by atoms with Crippen LogP contribution < -0.4 is 21.6 Å². The monoisotopic (exact) mass is 556 g/mol. The highest BCUT2D eigenvalue weighted by Gasteiger charge is 2.28. The van der Waals surface area contributed by atoms with Gasteiger partial charge in [-0.05, 0) is 46.8 Å². The molecule has 1 aliphatic heterocycles. The molecule has 1 fully saturated rings. The number of anilines is 1. The molecule has 0 aliphatic carbocycles. The molecule has 1 saturated heterocycles. The Morgan fingerprint density at radius 1 is 1.08 bits per heavy atom. The lowest BCUT2D eigenvalue weighted by atomic mass is 10.2. The molecule has 0 bridgehead atoms. The summed E-state index contributed by atoms with van der Waals surface area (Å²) in [6.07, 6.45) is -0.153. The van der Waals surface area contributed by atoms with Gasteiger partial charge in [0.05, 0.1) is 40.4 Å². The summed E-state index contributed by atoms with van der Waals surface area (Å²) in [5.74, 6) is 0.0283. The van der Waals surface area contributed by atoms with E-state index in [0.717, 1.165) is 0 Å². The predicted octanol–water partition coefficient (Wildman–Crippen LogP) is 2.20. The van der Waals surface area contributed by atoms with Crippen LogP contribution in [0, 0.1) is 13.8 Å². The number of nitrogens with two attached hydrogens (primary N) is 1. The maximum absolute atomic E-state index is 13.7. The third-order valence-corrected chi connectivity index (χ3v) is 6.58. The fourth-order valence-electron chi connectivity index (χ4n) is 4.24. The van der Waals surface area contributed by atoms with Gasteiger partial charge in [-0.15, -0.1) is 0 Å². The van der Waals surface area contributed by atoms with Crippen molar-refractivity contribution in [3.63, 3.8) is 0 Å². The molecule has 2 amide bonds. The second kappa shape index (κ2) is 11.0. The third-order valence-electron chi connectivity index (χ3n) is 6.27. The molecule has 0 unspecified atom stereocenters. The van der Waals surface area contributed by atoms with Crippen LogP contribution >= 0.6 is 11.6 Å². The first-order chi connectivity index (χ1) is 18.4. The summed E-state index contributed by atoms with van der Waals surface area (Å²) in [5, 5.41) is 5.24. The standard InChI is InChI=1S/C26H33ClN8O4/c1-15-16(2)31-22(28)21(30-15)23(36)29-10-9-19-32-18-8-6-7-17(27)20(18)24(37)35(19)34-13-11-33(12-14-34)25(38)39-26(3,4)5/h6-8H,9-14H2,1-5H3,(H2,28,31)(H,29,36). The topological polar surface area (TPSA) is 149 Å². The molecule has 3 aromatic rings. The number of carbonyl (C=O) groups excluding carboxylic acids is 2. The van der Waals surface area contributed by atoms with Crippen molar-refractivity contribution in [2.45, 2.75) is 46.6 Å². The fourth-order valence-corrected chi connectivity index (χ4v) is 4.50. The van der Waals surface area contributed by atoms with Gasteiger partial charge in [-0.1, -0.05) is 17.7 Å². The lowest BCUT2D eigenvalue weighted by molar-refractivity contribution is 0.0231. The van der Waals surface area contributed by atoms with Crippen molar-refractivity contribution in [1.82, 2.24) is 29.8 Å². The highest BCUT2D eigenvalue weighted by Crippen LogP contribution is 2.20. The number of carbonyl (C=O) groups is 2. The Hall–Kier alpha value is -3.93. The van der Waals surface area contributed by atoms with E-state index < -0.39 is 17.6 Å².